The Morgan fingerprint density at radius 1 is 1.36 bits per heavy atom. The van der Waals surface area contributed by atoms with Crippen LogP contribution in [0.15, 0.2) is 23.4 Å². The van der Waals surface area contributed by atoms with Crippen molar-refractivity contribution in [2.75, 3.05) is 40.9 Å². The van der Waals surface area contributed by atoms with Gasteiger partial charge in [-0.3, -0.25) is 4.98 Å². The molecule has 1 aromatic rings. The number of methoxy groups -OCH3 is 1. The van der Waals surface area contributed by atoms with E-state index in [1.165, 1.54) is 25.6 Å². The number of pyridine rings is 1. The lowest BCUT2D eigenvalue weighted by atomic mass is 9.99. The summed E-state index contributed by atoms with van der Waals surface area (Å²) in [7, 11) is 1.72. The second-order valence-corrected chi connectivity index (χ2v) is 9.12. The number of aromatic nitrogens is 1. The highest BCUT2D eigenvalue weighted by Gasteiger charge is 2.47. The molecule has 2 aliphatic rings. The Morgan fingerprint density at radius 2 is 2.08 bits per heavy atom. The number of nitrogens with zero attached hydrogens (tertiary/aromatic N) is 3. The van der Waals surface area contributed by atoms with E-state index in [2.05, 4.69) is 4.98 Å². The molecule has 1 unspecified atom stereocenters. The third-order valence-electron chi connectivity index (χ3n) is 5.05. The average Bonchev–Trinajstić information content (AvgIpc) is 3.04. The van der Waals surface area contributed by atoms with Gasteiger partial charge in [-0.15, -0.1) is 0 Å². The number of sulfonamides is 1. The summed E-state index contributed by atoms with van der Waals surface area (Å²) in [6.45, 7) is 1.45. The smallest absolute Gasteiger partial charge is 0.245 e. The number of hydrogen-bond donors (Lipinski definition) is 0. The molecule has 7 nitrogen and oxygen atoms in total. The summed E-state index contributed by atoms with van der Waals surface area (Å²) in [4.78, 5) is 6.18. The van der Waals surface area contributed by atoms with Crippen molar-refractivity contribution in [2.24, 2.45) is 0 Å². The van der Waals surface area contributed by atoms with Crippen molar-refractivity contribution < 1.29 is 17.9 Å². The van der Waals surface area contributed by atoms with Crippen molar-refractivity contribution in [1.82, 2.24) is 14.2 Å². The fourth-order valence-corrected chi connectivity index (χ4v) is 5.43. The van der Waals surface area contributed by atoms with Crippen molar-refractivity contribution in [2.45, 2.75) is 42.2 Å². The minimum absolute atomic E-state index is 0.172. The Labute approximate surface area is 150 Å². The van der Waals surface area contributed by atoms with Crippen LogP contribution in [0.2, 0.25) is 0 Å². The zero-order valence-electron chi connectivity index (χ0n) is 15.1. The monoisotopic (exact) mass is 369 g/mol. The van der Waals surface area contributed by atoms with E-state index in [1.807, 2.05) is 19.0 Å². The van der Waals surface area contributed by atoms with E-state index in [4.69, 9.17) is 9.47 Å². The normalized spacial score (nSPS) is 24.1. The predicted octanol–water partition coefficient (Wildman–Crippen LogP) is 1.35. The summed E-state index contributed by atoms with van der Waals surface area (Å²) in [5.74, 6) is 0.439. The number of morpholine rings is 1. The predicted molar refractivity (Wildman–Crippen MR) is 94.2 cm³/mol. The lowest BCUT2D eigenvalue weighted by Crippen LogP contribution is -2.59. The van der Waals surface area contributed by atoms with Crippen LogP contribution in [0.4, 0.5) is 0 Å². The molecule has 1 spiro atoms. The molecule has 8 heteroatoms. The molecule has 140 valence electrons. The molecule has 0 aromatic carbocycles. The molecule has 0 bridgehead atoms. The molecule has 1 aliphatic heterocycles. The first kappa shape index (κ1) is 18.6. The van der Waals surface area contributed by atoms with Crippen molar-refractivity contribution in [1.29, 1.82) is 0 Å². The second kappa shape index (κ2) is 7.19. The second-order valence-electron chi connectivity index (χ2n) is 7.23. The average molecular weight is 369 g/mol. The molecule has 1 aromatic heterocycles. The molecule has 0 N–H and O–H groups in total. The van der Waals surface area contributed by atoms with E-state index in [1.54, 1.807) is 4.31 Å². The van der Waals surface area contributed by atoms with Crippen molar-refractivity contribution in [3.63, 3.8) is 0 Å². The summed E-state index contributed by atoms with van der Waals surface area (Å²) in [6.07, 6.45) is 6.92. The van der Waals surface area contributed by atoms with Gasteiger partial charge in [-0.2, -0.15) is 4.31 Å². The van der Waals surface area contributed by atoms with Crippen LogP contribution < -0.4 is 4.74 Å². The lowest BCUT2D eigenvalue weighted by Gasteiger charge is -2.45. The summed E-state index contributed by atoms with van der Waals surface area (Å²) in [6, 6.07) is 1.32. The quantitative estimate of drug-likeness (QED) is 0.780. The third kappa shape index (κ3) is 3.81. The van der Waals surface area contributed by atoms with Crippen LogP contribution in [-0.2, 0) is 14.8 Å². The maximum absolute atomic E-state index is 13.3. The fraction of sp³-hybridized carbons (Fsp3) is 0.706. The van der Waals surface area contributed by atoms with Gasteiger partial charge in [0, 0.05) is 25.4 Å². The van der Waals surface area contributed by atoms with Crippen molar-refractivity contribution in [3.05, 3.63) is 18.5 Å². The van der Waals surface area contributed by atoms with Gasteiger partial charge >= 0.3 is 0 Å². The van der Waals surface area contributed by atoms with Crippen LogP contribution >= 0.6 is 0 Å². The first-order chi connectivity index (χ1) is 11.9. The maximum atomic E-state index is 13.3. The zero-order chi connectivity index (χ0) is 18.1. The third-order valence-corrected chi connectivity index (χ3v) is 6.92. The largest absolute Gasteiger partial charge is 0.495 e. The molecule has 0 amide bonds. The van der Waals surface area contributed by atoms with Crippen LogP contribution in [0.1, 0.15) is 25.7 Å². The molecular weight excluding hydrogens is 342 g/mol. The van der Waals surface area contributed by atoms with Crippen molar-refractivity contribution >= 4 is 10.0 Å². The number of rotatable bonds is 5. The Bertz CT molecular complexity index is 702. The highest BCUT2D eigenvalue weighted by atomic mass is 32.2. The van der Waals surface area contributed by atoms with E-state index in [0.29, 0.717) is 25.4 Å². The summed E-state index contributed by atoms with van der Waals surface area (Å²) in [5, 5.41) is 0. The van der Waals surface area contributed by atoms with Crippen LogP contribution in [0.25, 0.3) is 0 Å². The summed E-state index contributed by atoms with van der Waals surface area (Å²) < 4.78 is 39.6. The van der Waals surface area contributed by atoms with Crippen molar-refractivity contribution in [3.8, 4) is 5.75 Å². The molecule has 1 atom stereocenters. The molecule has 2 fully saturated rings. The van der Waals surface area contributed by atoms with E-state index >= 15 is 0 Å². The molecule has 1 saturated carbocycles. The maximum Gasteiger partial charge on any atom is 0.245 e. The Kier molecular flexibility index (Phi) is 5.34. The van der Waals surface area contributed by atoms with Gasteiger partial charge in [-0.05, 0) is 26.9 Å². The van der Waals surface area contributed by atoms with Gasteiger partial charge in [-0.1, -0.05) is 12.8 Å². The van der Waals surface area contributed by atoms with E-state index in [9.17, 15) is 8.42 Å². The highest BCUT2D eigenvalue weighted by molar-refractivity contribution is 7.89. The highest BCUT2D eigenvalue weighted by Crippen LogP contribution is 2.39. The topological polar surface area (TPSA) is 72.0 Å². The van der Waals surface area contributed by atoms with E-state index in [0.717, 1.165) is 25.7 Å². The van der Waals surface area contributed by atoms with Gasteiger partial charge in [0.2, 0.25) is 10.0 Å². The van der Waals surface area contributed by atoms with Gasteiger partial charge in [0.1, 0.15) is 10.6 Å². The fourth-order valence-electron chi connectivity index (χ4n) is 3.77. The number of ether oxygens (including phenoxy) is 2. The molecular formula is C17H27N3O4S. The molecule has 1 saturated heterocycles. The van der Waals surface area contributed by atoms with Crippen LogP contribution in [0.5, 0.6) is 5.75 Å². The van der Waals surface area contributed by atoms with Gasteiger partial charge < -0.3 is 14.4 Å². The van der Waals surface area contributed by atoms with E-state index in [-0.39, 0.29) is 16.5 Å². The van der Waals surface area contributed by atoms with Gasteiger partial charge in [0.15, 0.2) is 0 Å². The van der Waals surface area contributed by atoms with Crippen LogP contribution in [-0.4, -0.2) is 75.2 Å². The summed E-state index contributed by atoms with van der Waals surface area (Å²) in [5.41, 5.74) is -0.331. The number of likely N-dealkylation sites (N-methyl/N-ethyl adjacent to an activating group) is 1. The first-order valence-corrected chi connectivity index (χ1v) is 10.1. The standard InChI is InChI=1S/C17H27N3O4S/c1-19(2)11-14-12-24-17(6-4-5-7-17)13-20(14)25(21,22)16-8-15(23-3)9-18-10-16/h8-10,14H,4-7,11-13H2,1-3H3. The van der Waals surface area contributed by atoms with Gasteiger partial charge in [0.25, 0.3) is 0 Å². The minimum atomic E-state index is -3.67. The molecule has 3 rings (SSSR count). The Morgan fingerprint density at radius 3 is 2.72 bits per heavy atom. The summed E-state index contributed by atoms with van der Waals surface area (Å²) >= 11 is 0. The lowest BCUT2D eigenvalue weighted by molar-refractivity contribution is -0.109. The Hall–Kier alpha value is -1.22. The van der Waals surface area contributed by atoms with Crippen LogP contribution in [0.3, 0.4) is 0 Å². The molecule has 1 aliphatic carbocycles. The molecule has 25 heavy (non-hydrogen) atoms. The Balaban J connectivity index is 1.94. The van der Waals surface area contributed by atoms with E-state index < -0.39 is 10.0 Å². The van der Waals surface area contributed by atoms with Gasteiger partial charge in [-0.25, -0.2) is 8.42 Å². The zero-order valence-corrected chi connectivity index (χ0v) is 16.0. The minimum Gasteiger partial charge on any atom is -0.495 e. The SMILES string of the molecule is COc1cncc(S(=O)(=O)N2CC3(CCCC3)OCC2CN(C)C)c1. The van der Waals surface area contributed by atoms with Gasteiger partial charge in [0.05, 0.1) is 31.6 Å². The molecule has 0 radical (unpaired) electrons. The van der Waals surface area contributed by atoms with Crippen LogP contribution in [0, 0.1) is 0 Å². The number of hydrogen-bond acceptors (Lipinski definition) is 6. The first-order valence-electron chi connectivity index (χ1n) is 8.66. The molecule has 2 heterocycles.